The lowest BCUT2D eigenvalue weighted by Crippen LogP contribution is -2.39. The molecule has 3 rings (SSSR count). The molecule has 2 aromatic rings. The van der Waals surface area contributed by atoms with Gasteiger partial charge in [-0.15, -0.1) is 5.10 Å². The monoisotopic (exact) mass is 343 g/mol. The number of hydrogen-bond acceptors (Lipinski definition) is 6. The third-order valence-corrected chi connectivity index (χ3v) is 4.71. The zero-order valence-corrected chi connectivity index (χ0v) is 15.2. The Balaban J connectivity index is 1.51. The van der Waals surface area contributed by atoms with Crippen LogP contribution in [-0.4, -0.2) is 34.2 Å². The van der Waals surface area contributed by atoms with Crippen LogP contribution in [0.5, 0.6) is 0 Å². The fourth-order valence-corrected chi connectivity index (χ4v) is 3.31. The number of likely N-dealkylation sites (tertiary alicyclic amines) is 1. The van der Waals surface area contributed by atoms with Crippen molar-refractivity contribution in [3.05, 3.63) is 41.8 Å². The zero-order valence-electron chi connectivity index (χ0n) is 15.2. The van der Waals surface area contributed by atoms with E-state index in [1.807, 2.05) is 13.8 Å². The number of aromatic nitrogens is 2. The van der Waals surface area contributed by atoms with Crippen molar-refractivity contribution in [3.8, 4) is 0 Å². The van der Waals surface area contributed by atoms with Crippen molar-refractivity contribution in [2.24, 2.45) is 5.73 Å². The van der Waals surface area contributed by atoms with E-state index in [4.69, 9.17) is 10.2 Å². The maximum Gasteiger partial charge on any atom is 0.315 e. The van der Waals surface area contributed by atoms with E-state index < -0.39 is 5.54 Å². The highest BCUT2D eigenvalue weighted by Crippen LogP contribution is 2.22. The van der Waals surface area contributed by atoms with Crippen LogP contribution >= 0.6 is 0 Å². The highest BCUT2D eigenvalue weighted by Gasteiger charge is 2.24. The van der Waals surface area contributed by atoms with E-state index in [9.17, 15) is 0 Å². The van der Waals surface area contributed by atoms with Crippen molar-refractivity contribution in [1.29, 1.82) is 0 Å². The first kappa shape index (κ1) is 17.9. The summed E-state index contributed by atoms with van der Waals surface area (Å²) in [7, 11) is 0. The molecule has 6 nitrogen and oxygen atoms in total. The van der Waals surface area contributed by atoms with Crippen LogP contribution in [0.1, 0.15) is 51.0 Å². The van der Waals surface area contributed by atoms with Crippen molar-refractivity contribution in [2.45, 2.75) is 57.7 Å². The Kier molecular flexibility index (Phi) is 5.71. The Morgan fingerprint density at radius 1 is 1.24 bits per heavy atom. The summed E-state index contributed by atoms with van der Waals surface area (Å²) in [5, 5.41) is 11.3. The van der Waals surface area contributed by atoms with E-state index in [1.165, 1.54) is 31.4 Å². The van der Waals surface area contributed by atoms with Crippen molar-refractivity contribution in [1.82, 2.24) is 15.1 Å². The summed E-state index contributed by atoms with van der Waals surface area (Å²) in [5.41, 5.74) is 6.75. The van der Waals surface area contributed by atoms with Crippen LogP contribution in [0.25, 0.3) is 0 Å². The molecular formula is C19H29N5O. The summed E-state index contributed by atoms with van der Waals surface area (Å²) >= 11 is 0. The second-order valence-electron chi connectivity index (χ2n) is 7.46. The predicted molar refractivity (Wildman–Crippen MR) is 99.1 cm³/mol. The number of nitrogens with two attached hydrogens (primary N) is 1. The van der Waals surface area contributed by atoms with E-state index in [0.29, 0.717) is 17.9 Å². The van der Waals surface area contributed by atoms with Crippen LogP contribution in [0.15, 0.2) is 34.7 Å². The number of hydrogen-bond donors (Lipinski definition) is 2. The van der Waals surface area contributed by atoms with Gasteiger partial charge in [0.25, 0.3) is 0 Å². The third-order valence-electron chi connectivity index (χ3n) is 4.71. The van der Waals surface area contributed by atoms with Gasteiger partial charge in [-0.2, -0.15) is 0 Å². The van der Waals surface area contributed by atoms with Gasteiger partial charge < -0.3 is 15.5 Å². The molecule has 1 saturated heterocycles. The topological polar surface area (TPSA) is 80.2 Å². The van der Waals surface area contributed by atoms with E-state index in [-0.39, 0.29) is 0 Å². The second-order valence-corrected chi connectivity index (χ2v) is 7.46. The Hall–Kier alpha value is -1.92. The summed E-state index contributed by atoms with van der Waals surface area (Å²) in [5.74, 6) is 0.457. The minimum absolute atomic E-state index is 0.457. The minimum Gasteiger partial charge on any atom is -0.406 e. The second kappa shape index (κ2) is 7.97. The van der Waals surface area contributed by atoms with Crippen LogP contribution in [0.3, 0.4) is 0 Å². The summed E-state index contributed by atoms with van der Waals surface area (Å²) in [6.07, 6.45) is 4.91. The van der Waals surface area contributed by atoms with Gasteiger partial charge in [0.05, 0.1) is 5.54 Å². The number of benzene rings is 1. The van der Waals surface area contributed by atoms with E-state index in [0.717, 1.165) is 19.5 Å². The standard InChI is InChI=1S/C19H29N5O/c1-19(2,20)17-22-23-18(25-17)21-12-11-16-10-6-7-13-24(16)14-15-8-4-3-5-9-15/h3-5,8-9,16H,6-7,10-14,20H2,1-2H3,(H,21,23). The van der Waals surface area contributed by atoms with Crippen LogP contribution < -0.4 is 11.1 Å². The smallest absolute Gasteiger partial charge is 0.315 e. The molecule has 0 bridgehead atoms. The summed E-state index contributed by atoms with van der Waals surface area (Å²) in [6.45, 7) is 6.73. The van der Waals surface area contributed by atoms with Crippen molar-refractivity contribution >= 4 is 6.01 Å². The van der Waals surface area contributed by atoms with Crippen LogP contribution in [0.4, 0.5) is 6.01 Å². The molecule has 1 aromatic heterocycles. The number of piperidine rings is 1. The van der Waals surface area contributed by atoms with Crippen molar-refractivity contribution in [3.63, 3.8) is 0 Å². The normalized spacial score (nSPS) is 19.1. The number of rotatable bonds is 7. The molecule has 1 fully saturated rings. The predicted octanol–water partition coefficient (Wildman–Crippen LogP) is 3.12. The average Bonchev–Trinajstić information content (AvgIpc) is 3.07. The van der Waals surface area contributed by atoms with E-state index in [1.54, 1.807) is 0 Å². The van der Waals surface area contributed by atoms with Gasteiger partial charge in [-0.05, 0) is 45.2 Å². The molecule has 1 aliphatic heterocycles. The lowest BCUT2D eigenvalue weighted by molar-refractivity contribution is 0.135. The molecule has 0 amide bonds. The van der Waals surface area contributed by atoms with Gasteiger partial charge in [0, 0.05) is 19.1 Å². The van der Waals surface area contributed by atoms with Crippen LogP contribution in [0.2, 0.25) is 0 Å². The van der Waals surface area contributed by atoms with E-state index >= 15 is 0 Å². The molecule has 2 heterocycles. The maximum atomic E-state index is 5.98. The van der Waals surface area contributed by atoms with Crippen molar-refractivity contribution < 1.29 is 4.42 Å². The van der Waals surface area contributed by atoms with Gasteiger partial charge in [0.1, 0.15) is 0 Å². The maximum absolute atomic E-state index is 5.98. The molecule has 0 aliphatic carbocycles. The molecule has 6 heteroatoms. The van der Waals surface area contributed by atoms with Gasteiger partial charge in [-0.1, -0.05) is 41.9 Å². The summed E-state index contributed by atoms with van der Waals surface area (Å²) in [4.78, 5) is 2.60. The molecule has 1 unspecified atom stereocenters. The minimum atomic E-state index is -0.608. The van der Waals surface area contributed by atoms with Crippen molar-refractivity contribution in [2.75, 3.05) is 18.4 Å². The molecule has 1 atom stereocenters. The Labute approximate surface area is 149 Å². The van der Waals surface area contributed by atoms with Crippen LogP contribution in [-0.2, 0) is 12.1 Å². The highest BCUT2D eigenvalue weighted by atomic mass is 16.4. The van der Waals surface area contributed by atoms with Gasteiger partial charge in [-0.25, -0.2) is 0 Å². The lowest BCUT2D eigenvalue weighted by atomic mass is 9.98. The van der Waals surface area contributed by atoms with E-state index in [2.05, 4.69) is 50.7 Å². The molecule has 136 valence electrons. The fourth-order valence-electron chi connectivity index (χ4n) is 3.31. The molecule has 3 N–H and O–H groups in total. The molecule has 25 heavy (non-hydrogen) atoms. The first-order chi connectivity index (χ1) is 12.0. The van der Waals surface area contributed by atoms with Gasteiger partial charge in [0.15, 0.2) is 0 Å². The number of nitrogens with one attached hydrogen (secondary N) is 1. The summed E-state index contributed by atoms with van der Waals surface area (Å²) in [6, 6.07) is 11.8. The van der Waals surface area contributed by atoms with Crippen LogP contribution in [0, 0.1) is 0 Å². The molecule has 1 aromatic carbocycles. The first-order valence-corrected chi connectivity index (χ1v) is 9.17. The fraction of sp³-hybridized carbons (Fsp3) is 0.579. The SMILES string of the molecule is CC(C)(N)c1nnc(NCCC2CCCCN2Cc2ccccc2)o1. The average molecular weight is 343 g/mol. The molecule has 0 radical (unpaired) electrons. The van der Waals surface area contributed by atoms with Gasteiger partial charge in [0.2, 0.25) is 5.89 Å². The molecule has 1 aliphatic rings. The first-order valence-electron chi connectivity index (χ1n) is 9.17. The number of nitrogens with zero attached hydrogens (tertiary/aromatic N) is 3. The molecule has 0 spiro atoms. The highest BCUT2D eigenvalue weighted by molar-refractivity contribution is 5.18. The Bertz CT molecular complexity index is 649. The third kappa shape index (κ3) is 5.03. The number of anilines is 1. The van der Waals surface area contributed by atoms with Gasteiger partial charge in [-0.3, -0.25) is 4.90 Å². The lowest BCUT2D eigenvalue weighted by Gasteiger charge is -2.35. The quantitative estimate of drug-likeness (QED) is 0.804. The Morgan fingerprint density at radius 2 is 2.04 bits per heavy atom. The molecule has 0 saturated carbocycles. The Morgan fingerprint density at radius 3 is 2.76 bits per heavy atom. The van der Waals surface area contributed by atoms with Gasteiger partial charge >= 0.3 is 6.01 Å². The largest absolute Gasteiger partial charge is 0.406 e. The molecular weight excluding hydrogens is 314 g/mol. The summed E-state index contributed by atoms with van der Waals surface area (Å²) < 4.78 is 5.59. The zero-order chi connectivity index (χ0) is 17.7.